The van der Waals surface area contributed by atoms with Gasteiger partial charge in [-0.1, -0.05) is 30.0 Å². The number of carbonyl (C=O) groups is 1. The summed E-state index contributed by atoms with van der Waals surface area (Å²) in [5.74, 6) is 6.30. The lowest BCUT2D eigenvalue weighted by Crippen LogP contribution is -2.47. The fourth-order valence-corrected chi connectivity index (χ4v) is 2.44. The molecule has 128 valence electrons. The second-order valence-corrected chi connectivity index (χ2v) is 7.45. The molecule has 0 spiro atoms. The summed E-state index contributed by atoms with van der Waals surface area (Å²) in [6, 6.07) is 9.78. The lowest BCUT2D eigenvalue weighted by Gasteiger charge is -2.35. The molecule has 1 aliphatic heterocycles. The van der Waals surface area contributed by atoms with Crippen LogP contribution in [0.15, 0.2) is 42.2 Å². The second-order valence-electron chi connectivity index (χ2n) is 7.45. The molecule has 1 unspecified atom stereocenters. The zero-order chi connectivity index (χ0) is 18.0. The Morgan fingerprint density at radius 1 is 1.21 bits per heavy atom. The molecule has 0 radical (unpaired) electrons. The van der Waals surface area contributed by atoms with Gasteiger partial charge in [0, 0.05) is 18.2 Å². The number of ether oxygens (including phenoxy) is 2. The Kier molecular flexibility index (Phi) is 4.94. The van der Waals surface area contributed by atoms with E-state index in [4.69, 9.17) is 9.47 Å². The van der Waals surface area contributed by atoms with Crippen molar-refractivity contribution in [3.8, 4) is 11.8 Å². The standard InChI is InChI=1S/C20H25NO3/c1-19(2,3)24-18(22)21(6)17-20(4,5)16(14-23-17)13-12-15-10-8-7-9-11-15/h7-11,14,17H,1-6H3. The highest BCUT2D eigenvalue weighted by molar-refractivity contribution is 5.68. The molecule has 1 aliphatic rings. The highest BCUT2D eigenvalue weighted by Crippen LogP contribution is 2.39. The molecule has 2 rings (SSSR count). The minimum atomic E-state index is -0.544. The van der Waals surface area contributed by atoms with E-state index in [2.05, 4.69) is 11.8 Å². The average Bonchev–Trinajstić information content (AvgIpc) is 2.78. The molecule has 24 heavy (non-hydrogen) atoms. The van der Waals surface area contributed by atoms with E-state index in [1.165, 1.54) is 4.90 Å². The van der Waals surface area contributed by atoms with Gasteiger partial charge in [-0.25, -0.2) is 4.79 Å². The van der Waals surface area contributed by atoms with Crippen LogP contribution in [0.5, 0.6) is 0 Å². The van der Waals surface area contributed by atoms with Crippen molar-refractivity contribution in [2.24, 2.45) is 5.41 Å². The van der Waals surface area contributed by atoms with Crippen LogP contribution < -0.4 is 0 Å². The molecule has 0 saturated carbocycles. The van der Waals surface area contributed by atoms with Crippen LogP contribution in [-0.2, 0) is 9.47 Å². The molecule has 1 atom stereocenters. The smallest absolute Gasteiger partial charge is 0.412 e. The van der Waals surface area contributed by atoms with Crippen molar-refractivity contribution in [1.29, 1.82) is 0 Å². The third kappa shape index (κ3) is 4.11. The molecule has 1 amide bonds. The summed E-state index contributed by atoms with van der Waals surface area (Å²) in [6.07, 6.45) is 0.778. The summed E-state index contributed by atoms with van der Waals surface area (Å²) in [5.41, 5.74) is 0.829. The van der Waals surface area contributed by atoms with Gasteiger partial charge in [0.25, 0.3) is 0 Å². The number of rotatable bonds is 1. The van der Waals surface area contributed by atoms with Crippen LogP contribution in [-0.4, -0.2) is 29.9 Å². The third-order valence-corrected chi connectivity index (χ3v) is 3.77. The van der Waals surface area contributed by atoms with E-state index in [1.54, 1.807) is 13.3 Å². The fraction of sp³-hybridized carbons (Fsp3) is 0.450. The van der Waals surface area contributed by atoms with Crippen LogP contribution in [0.25, 0.3) is 0 Å². The maximum atomic E-state index is 12.3. The molecule has 0 saturated heterocycles. The van der Waals surface area contributed by atoms with Crippen LogP contribution in [0.4, 0.5) is 4.79 Å². The molecule has 0 N–H and O–H groups in total. The number of benzene rings is 1. The molecular formula is C20H25NO3. The van der Waals surface area contributed by atoms with Gasteiger partial charge in [-0.05, 0) is 46.8 Å². The lowest BCUT2D eigenvalue weighted by molar-refractivity contribution is -0.0493. The van der Waals surface area contributed by atoms with Gasteiger partial charge in [0.05, 0.1) is 11.7 Å². The Labute approximate surface area is 144 Å². The Hall–Kier alpha value is -2.41. The second kappa shape index (κ2) is 6.60. The van der Waals surface area contributed by atoms with E-state index in [-0.39, 0.29) is 0 Å². The predicted molar refractivity (Wildman–Crippen MR) is 94.1 cm³/mol. The molecule has 1 aromatic rings. The summed E-state index contributed by atoms with van der Waals surface area (Å²) in [4.78, 5) is 13.8. The van der Waals surface area contributed by atoms with Gasteiger partial charge in [0.1, 0.15) is 5.60 Å². The molecule has 4 heteroatoms. The SMILES string of the molecule is CN(C(=O)OC(C)(C)C)C1OC=C(C#Cc2ccccc2)C1(C)C. The molecule has 1 heterocycles. The molecule has 0 bridgehead atoms. The van der Waals surface area contributed by atoms with Crippen molar-refractivity contribution in [1.82, 2.24) is 4.90 Å². The van der Waals surface area contributed by atoms with E-state index in [1.807, 2.05) is 65.0 Å². The van der Waals surface area contributed by atoms with Crippen LogP contribution in [0.2, 0.25) is 0 Å². The maximum Gasteiger partial charge on any atom is 0.412 e. The van der Waals surface area contributed by atoms with Gasteiger partial charge in [-0.3, -0.25) is 4.90 Å². The van der Waals surface area contributed by atoms with Crippen molar-refractivity contribution in [3.63, 3.8) is 0 Å². The van der Waals surface area contributed by atoms with Crippen LogP contribution in [0.3, 0.4) is 0 Å². The Balaban J connectivity index is 2.12. The van der Waals surface area contributed by atoms with E-state index < -0.39 is 23.3 Å². The molecular weight excluding hydrogens is 302 g/mol. The molecule has 1 aromatic carbocycles. The quantitative estimate of drug-likeness (QED) is 0.727. The van der Waals surface area contributed by atoms with Gasteiger partial charge < -0.3 is 9.47 Å². The highest BCUT2D eigenvalue weighted by Gasteiger charge is 2.44. The van der Waals surface area contributed by atoms with E-state index in [0.717, 1.165) is 11.1 Å². The van der Waals surface area contributed by atoms with Gasteiger partial charge in [-0.15, -0.1) is 0 Å². The van der Waals surface area contributed by atoms with Crippen molar-refractivity contribution < 1.29 is 14.3 Å². The number of hydrogen-bond donors (Lipinski definition) is 0. The predicted octanol–water partition coefficient (Wildman–Crippen LogP) is 4.17. The molecule has 0 aromatic heterocycles. The molecule has 0 aliphatic carbocycles. The first-order chi connectivity index (χ1) is 11.1. The van der Waals surface area contributed by atoms with Gasteiger partial charge in [0.15, 0.2) is 6.23 Å². The number of carbonyl (C=O) groups excluding carboxylic acids is 1. The summed E-state index contributed by atoms with van der Waals surface area (Å²) in [7, 11) is 1.68. The van der Waals surface area contributed by atoms with E-state index >= 15 is 0 Å². The van der Waals surface area contributed by atoms with Crippen molar-refractivity contribution in [2.75, 3.05) is 7.05 Å². The average molecular weight is 327 g/mol. The normalized spacial score (nSPS) is 18.8. The highest BCUT2D eigenvalue weighted by atomic mass is 16.6. The minimum Gasteiger partial charge on any atom is -0.476 e. The summed E-state index contributed by atoms with van der Waals surface area (Å²) in [5, 5.41) is 0. The van der Waals surface area contributed by atoms with E-state index in [0.29, 0.717) is 0 Å². The summed E-state index contributed by atoms with van der Waals surface area (Å²) in [6.45, 7) is 9.55. The topological polar surface area (TPSA) is 38.8 Å². The number of hydrogen-bond acceptors (Lipinski definition) is 3. The molecule has 4 nitrogen and oxygen atoms in total. The van der Waals surface area contributed by atoms with Gasteiger partial charge in [-0.2, -0.15) is 0 Å². The first kappa shape index (κ1) is 17.9. The first-order valence-corrected chi connectivity index (χ1v) is 8.00. The zero-order valence-corrected chi connectivity index (χ0v) is 15.2. The fourth-order valence-electron chi connectivity index (χ4n) is 2.44. The van der Waals surface area contributed by atoms with E-state index in [9.17, 15) is 4.79 Å². The number of nitrogens with zero attached hydrogens (tertiary/aromatic N) is 1. The Morgan fingerprint density at radius 2 is 1.83 bits per heavy atom. The Bertz CT molecular complexity index is 687. The van der Waals surface area contributed by atoms with Crippen molar-refractivity contribution >= 4 is 6.09 Å². The summed E-state index contributed by atoms with van der Waals surface area (Å²) >= 11 is 0. The van der Waals surface area contributed by atoms with Gasteiger partial charge in [0.2, 0.25) is 0 Å². The zero-order valence-electron chi connectivity index (χ0n) is 15.2. The monoisotopic (exact) mass is 327 g/mol. The van der Waals surface area contributed by atoms with Gasteiger partial charge >= 0.3 is 6.09 Å². The first-order valence-electron chi connectivity index (χ1n) is 8.00. The summed E-state index contributed by atoms with van der Waals surface area (Å²) < 4.78 is 11.1. The minimum absolute atomic E-state index is 0.411. The van der Waals surface area contributed by atoms with Crippen LogP contribution in [0, 0.1) is 17.3 Å². The van der Waals surface area contributed by atoms with Crippen LogP contribution in [0.1, 0.15) is 40.2 Å². The lowest BCUT2D eigenvalue weighted by atomic mass is 9.84. The van der Waals surface area contributed by atoms with Crippen molar-refractivity contribution in [2.45, 2.75) is 46.4 Å². The molecule has 0 fully saturated rings. The van der Waals surface area contributed by atoms with Crippen molar-refractivity contribution in [3.05, 3.63) is 47.7 Å². The third-order valence-electron chi connectivity index (χ3n) is 3.77. The number of amides is 1. The Morgan fingerprint density at radius 3 is 2.42 bits per heavy atom. The van der Waals surface area contributed by atoms with Crippen LogP contribution >= 0.6 is 0 Å². The maximum absolute atomic E-state index is 12.3. The largest absolute Gasteiger partial charge is 0.476 e.